The molecule has 124 valence electrons. The molecule has 0 aliphatic carbocycles. The molecule has 0 fully saturated rings. The molecule has 0 saturated carbocycles. The fraction of sp³-hybridized carbons (Fsp3) is 0.300. The first kappa shape index (κ1) is 16.2. The lowest BCUT2D eigenvalue weighted by molar-refractivity contribution is 0.518. The van der Waals surface area contributed by atoms with Gasteiger partial charge >= 0.3 is 5.63 Å². The molecule has 0 radical (unpaired) electrons. The van der Waals surface area contributed by atoms with E-state index in [2.05, 4.69) is 37.9 Å². The molecule has 0 bridgehead atoms. The fourth-order valence-corrected chi connectivity index (χ4v) is 2.57. The molecule has 24 heavy (non-hydrogen) atoms. The van der Waals surface area contributed by atoms with Crippen molar-refractivity contribution in [2.24, 2.45) is 0 Å². The lowest BCUT2D eigenvalue weighted by atomic mass is 9.87. The predicted octanol–water partition coefficient (Wildman–Crippen LogP) is 4.22. The Morgan fingerprint density at radius 2 is 1.67 bits per heavy atom. The maximum atomic E-state index is 12.3. The summed E-state index contributed by atoms with van der Waals surface area (Å²) in [6, 6.07) is 13.6. The number of aromatic nitrogens is 1. The largest absolute Gasteiger partial charge is 0.403 e. The summed E-state index contributed by atoms with van der Waals surface area (Å²) in [5, 5.41) is 0.497. The minimum Gasteiger partial charge on any atom is -0.403 e. The SMILES string of the molecule is CN(C)c1ccc2nc(-c3ccc(C(C)(C)C)cc3)oc(=O)c2c1. The Hall–Kier alpha value is -2.62. The Morgan fingerprint density at radius 3 is 2.25 bits per heavy atom. The Morgan fingerprint density at radius 1 is 1.00 bits per heavy atom. The van der Waals surface area contributed by atoms with Gasteiger partial charge in [-0.05, 0) is 41.3 Å². The standard InChI is InChI=1S/C20H22N2O2/c1-20(2,3)14-8-6-13(7-9-14)18-21-17-11-10-15(22(4)5)12-16(17)19(23)24-18/h6-12H,1-5H3. The third-order valence-electron chi connectivity index (χ3n) is 4.13. The molecular formula is C20H22N2O2. The van der Waals surface area contributed by atoms with Crippen molar-refractivity contribution in [1.29, 1.82) is 0 Å². The molecule has 2 aromatic carbocycles. The van der Waals surface area contributed by atoms with Crippen LogP contribution in [0.3, 0.4) is 0 Å². The second-order valence-electron chi connectivity index (χ2n) is 7.23. The van der Waals surface area contributed by atoms with Gasteiger partial charge in [-0.1, -0.05) is 32.9 Å². The van der Waals surface area contributed by atoms with E-state index in [-0.39, 0.29) is 11.0 Å². The van der Waals surface area contributed by atoms with E-state index in [0.717, 1.165) is 11.3 Å². The molecule has 0 aliphatic heterocycles. The molecule has 0 saturated heterocycles. The zero-order valence-electron chi connectivity index (χ0n) is 14.8. The van der Waals surface area contributed by atoms with Crippen LogP contribution in [0.4, 0.5) is 5.69 Å². The predicted molar refractivity (Wildman–Crippen MR) is 98.7 cm³/mol. The van der Waals surface area contributed by atoms with E-state index >= 15 is 0 Å². The molecule has 0 amide bonds. The average molecular weight is 322 g/mol. The highest BCUT2D eigenvalue weighted by Crippen LogP contribution is 2.26. The van der Waals surface area contributed by atoms with Gasteiger partial charge in [-0.2, -0.15) is 0 Å². The third-order valence-corrected chi connectivity index (χ3v) is 4.13. The quantitative estimate of drug-likeness (QED) is 0.709. The summed E-state index contributed by atoms with van der Waals surface area (Å²) >= 11 is 0. The highest BCUT2D eigenvalue weighted by molar-refractivity contribution is 5.82. The van der Waals surface area contributed by atoms with Gasteiger partial charge in [0, 0.05) is 25.3 Å². The normalized spacial score (nSPS) is 11.7. The second-order valence-corrected chi connectivity index (χ2v) is 7.23. The molecule has 4 nitrogen and oxygen atoms in total. The minimum absolute atomic E-state index is 0.0821. The van der Waals surface area contributed by atoms with Crippen molar-refractivity contribution < 1.29 is 4.42 Å². The van der Waals surface area contributed by atoms with Crippen molar-refractivity contribution in [3.8, 4) is 11.5 Å². The maximum absolute atomic E-state index is 12.3. The summed E-state index contributed by atoms with van der Waals surface area (Å²) in [6.45, 7) is 6.50. The number of rotatable bonds is 2. The Bertz CT molecular complexity index is 932. The number of nitrogens with zero attached hydrogens (tertiary/aromatic N) is 2. The Kier molecular flexibility index (Phi) is 3.91. The van der Waals surface area contributed by atoms with Crippen LogP contribution in [-0.2, 0) is 5.41 Å². The molecule has 0 unspecified atom stereocenters. The first-order chi connectivity index (χ1) is 11.3. The zero-order chi connectivity index (χ0) is 17.5. The van der Waals surface area contributed by atoms with Gasteiger partial charge in [0.25, 0.3) is 0 Å². The third kappa shape index (κ3) is 3.04. The number of fused-ring (bicyclic) bond motifs is 1. The fourth-order valence-electron chi connectivity index (χ4n) is 2.57. The smallest absolute Gasteiger partial charge is 0.347 e. The van der Waals surface area contributed by atoms with Crippen LogP contribution >= 0.6 is 0 Å². The Balaban J connectivity index is 2.08. The second kappa shape index (κ2) is 5.78. The zero-order valence-corrected chi connectivity index (χ0v) is 14.8. The lowest BCUT2D eigenvalue weighted by Crippen LogP contribution is -2.11. The highest BCUT2D eigenvalue weighted by Gasteiger charge is 2.14. The van der Waals surface area contributed by atoms with Crippen molar-refractivity contribution in [1.82, 2.24) is 4.98 Å². The summed E-state index contributed by atoms with van der Waals surface area (Å²) in [5.74, 6) is 0.352. The van der Waals surface area contributed by atoms with Crippen LogP contribution in [0, 0.1) is 0 Å². The van der Waals surface area contributed by atoms with E-state index in [1.807, 2.05) is 43.3 Å². The molecule has 3 aromatic rings. The topological polar surface area (TPSA) is 46.3 Å². The summed E-state index contributed by atoms with van der Waals surface area (Å²) in [6.07, 6.45) is 0. The van der Waals surface area contributed by atoms with Crippen LogP contribution < -0.4 is 10.5 Å². The van der Waals surface area contributed by atoms with Crippen LogP contribution in [0.25, 0.3) is 22.4 Å². The van der Waals surface area contributed by atoms with Gasteiger partial charge < -0.3 is 9.32 Å². The molecule has 0 aliphatic rings. The van der Waals surface area contributed by atoms with Crippen LogP contribution in [-0.4, -0.2) is 19.1 Å². The van der Waals surface area contributed by atoms with Crippen molar-refractivity contribution in [2.75, 3.05) is 19.0 Å². The monoisotopic (exact) mass is 322 g/mol. The van der Waals surface area contributed by atoms with Gasteiger partial charge in [0.1, 0.15) is 0 Å². The van der Waals surface area contributed by atoms with Crippen molar-refractivity contribution in [3.05, 3.63) is 58.4 Å². The van der Waals surface area contributed by atoms with Gasteiger partial charge in [0.15, 0.2) is 0 Å². The van der Waals surface area contributed by atoms with E-state index < -0.39 is 0 Å². The van der Waals surface area contributed by atoms with Crippen molar-refractivity contribution in [3.63, 3.8) is 0 Å². The van der Waals surface area contributed by atoms with E-state index in [4.69, 9.17) is 4.42 Å². The van der Waals surface area contributed by atoms with E-state index in [9.17, 15) is 4.79 Å². The van der Waals surface area contributed by atoms with Crippen LogP contribution in [0.5, 0.6) is 0 Å². The first-order valence-corrected chi connectivity index (χ1v) is 7.99. The summed E-state index contributed by atoms with van der Waals surface area (Å²) in [5.41, 5.74) is 3.34. The molecule has 1 aromatic heterocycles. The van der Waals surface area contributed by atoms with Crippen LogP contribution in [0.2, 0.25) is 0 Å². The number of hydrogen-bond donors (Lipinski definition) is 0. The average Bonchev–Trinajstić information content (AvgIpc) is 2.53. The van der Waals surface area contributed by atoms with E-state index in [1.54, 1.807) is 6.07 Å². The van der Waals surface area contributed by atoms with Gasteiger partial charge in [0.05, 0.1) is 10.9 Å². The number of anilines is 1. The molecule has 3 rings (SSSR count). The highest BCUT2D eigenvalue weighted by atomic mass is 16.4. The Labute approximate surface area is 141 Å². The molecule has 1 heterocycles. The molecule has 0 spiro atoms. The first-order valence-electron chi connectivity index (χ1n) is 7.99. The van der Waals surface area contributed by atoms with Crippen molar-refractivity contribution in [2.45, 2.75) is 26.2 Å². The minimum atomic E-state index is -0.362. The molecular weight excluding hydrogens is 300 g/mol. The lowest BCUT2D eigenvalue weighted by Gasteiger charge is -2.18. The van der Waals surface area contributed by atoms with E-state index in [0.29, 0.717) is 16.8 Å². The maximum Gasteiger partial charge on any atom is 0.347 e. The number of hydrogen-bond acceptors (Lipinski definition) is 4. The van der Waals surface area contributed by atoms with Gasteiger partial charge in [-0.3, -0.25) is 0 Å². The van der Waals surface area contributed by atoms with E-state index in [1.165, 1.54) is 5.56 Å². The van der Waals surface area contributed by atoms with Gasteiger partial charge in [-0.15, -0.1) is 0 Å². The molecule has 0 atom stereocenters. The summed E-state index contributed by atoms with van der Waals surface area (Å²) < 4.78 is 5.45. The van der Waals surface area contributed by atoms with Gasteiger partial charge in [0.2, 0.25) is 5.89 Å². The number of benzene rings is 2. The summed E-state index contributed by atoms with van der Waals surface area (Å²) in [4.78, 5) is 18.8. The summed E-state index contributed by atoms with van der Waals surface area (Å²) in [7, 11) is 3.86. The van der Waals surface area contributed by atoms with Crippen molar-refractivity contribution >= 4 is 16.6 Å². The van der Waals surface area contributed by atoms with Gasteiger partial charge in [-0.25, -0.2) is 9.78 Å². The molecule has 0 N–H and O–H groups in total. The molecule has 4 heteroatoms. The van der Waals surface area contributed by atoms with Crippen LogP contribution in [0.1, 0.15) is 26.3 Å². The van der Waals surface area contributed by atoms with Crippen LogP contribution in [0.15, 0.2) is 51.7 Å².